The number of thiophene rings is 1. The van der Waals surface area contributed by atoms with Crippen LogP contribution in [0.2, 0.25) is 0 Å². The molecule has 0 aromatic carbocycles. The van der Waals surface area contributed by atoms with E-state index in [-0.39, 0.29) is 0 Å². The average Bonchev–Trinajstić information content (AvgIpc) is 2.75. The SMILES string of the molecule is Cc1csc(CC(O)c2ccc(C)s2)n1. The summed E-state index contributed by atoms with van der Waals surface area (Å²) in [6.07, 6.45) is 0.215. The number of aromatic nitrogens is 1. The summed E-state index contributed by atoms with van der Waals surface area (Å²) in [7, 11) is 0. The summed E-state index contributed by atoms with van der Waals surface area (Å²) >= 11 is 3.26. The zero-order valence-electron chi connectivity index (χ0n) is 8.73. The molecule has 0 aliphatic rings. The van der Waals surface area contributed by atoms with E-state index in [2.05, 4.69) is 11.9 Å². The number of rotatable bonds is 3. The van der Waals surface area contributed by atoms with Crippen LogP contribution >= 0.6 is 22.7 Å². The van der Waals surface area contributed by atoms with Crippen molar-refractivity contribution in [3.05, 3.63) is 38.0 Å². The highest BCUT2D eigenvalue weighted by atomic mass is 32.1. The van der Waals surface area contributed by atoms with Gasteiger partial charge in [-0.3, -0.25) is 0 Å². The number of aliphatic hydroxyl groups is 1. The highest BCUT2D eigenvalue weighted by Gasteiger charge is 2.12. The third-order valence-corrected chi connectivity index (χ3v) is 4.22. The van der Waals surface area contributed by atoms with Crippen molar-refractivity contribution in [3.63, 3.8) is 0 Å². The van der Waals surface area contributed by atoms with E-state index in [1.54, 1.807) is 22.7 Å². The monoisotopic (exact) mass is 239 g/mol. The maximum atomic E-state index is 9.97. The number of hydrogen-bond donors (Lipinski definition) is 1. The van der Waals surface area contributed by atoms with Crippen LogP contribution in [-0.2, 0) is 6.42 Å². The van der Waals surface area contributed by atoms with Crippen LogP contribution in [0.1, 0.15) is 26.6 Å². The molecule has 0 spiro atoms. The molecule has 0 fully saturated rings. The van der Waals surface area contributed by atoms with Crippen LogP contribution in [-0.4, -0.2) is 10.1 Å². The van der Waals surface area contributed by atoms with Crippen LogP contribution in [0.25, 0.3) is 0 Å². The minimum atomic E-state index is -0.408. The first-order valence-corrected chi connectivity index (χ1v) is 6.50. The van der Waals surface area contributed by atoms with E-state index < -0.39 is 6.10 Å². The lowest BCUT2D eigenvalue weighted by Gasteiger charge is -2.05. The Bertz CT molecular complexity index is 447. The third-order valence-electron chi connectivity index (χ3n) is 2.12. The van der Waals surface area contributed by atoms with Gasteiger partial charge in [0.05, 0.1) is 11.1 Å². The van der Waals surface area contributed by atoms with Crippen molar-refractivity contribution in [2.75, 3.05) is 0 Å². The molecule has 0 aliphatic heterocycles. The second kappa shape index (κ2) is 4.43. The van der Waals surface area contributed by atoms with Gasteiger partial charge in [-0.1, -0.05) is 0 Å². The molecule has 0 aliphatic carbocycles. The average molecular weight is 239 g/mol. The Labute approximate surface area is 97.2 Å². The first-order chi connectivity index (χ1) is 7.15. The van der Waals surface area contributed by atoms with Crippen molar-refractivity contribution >= 4 is 22.7 Å². The van der Waals surface area contributed by atoms with Gasteiger partial charge in [-0.25, -0.2) is 4.98 Å². The fraction of sp³-hybridized carbons (Fsp3) is 0.364. The largest absolute Gasteiger partial charge is 0.387 e. The molecule has 2 nitrogen and oxygen atoms in total. The van der Waals surface area contributed by atoms with Gasteiger partial charge in [-0.2, -0.15) is 0 Å². The minimum Gasteiger partial charge on any atom is -0.387 e. The first-order valence-electron chi connectivity index (χ1n) is 4.80. The van der Waals surface area contributed by atoms with Crippen LogP contribution in [0.3, 0.4) is 0 Å². The fourth-order valence-electron chi connectivity index (χ4n) is 1.39. The number of aryl methyl sites for hydroxylation is 2. The van der Waals surface area contributed by atoms with E-state index in [9.17, 15) is 5.11 Å². The molecule has 1 atom stereocenters. The highest BCUT2D eigenvalue weighted by molar-refractivity contribution is 7.12. The molecule has 15 heavy (non-hydrogen) atoms. The standard InChI is InChI=1S/C11H13NOS2/c1-7-6-14-11(12-7)5-9(13)10-4-3-8(2)15-10/h3-4,6,9,13H,5H2,1-2H3. The lowest BCUT2D eigenvalue weighted by atomic mass is 10.2. The second-order valence-electron chi connectivity index (χ2n) is 3.55. The molecular weight excluding hydrogens is 226 g/mol. The maximum Gasteiger partial charge on any atom is 0.0957 e. The number of nitrogens with zero attached hydrogens (tertiary/aromatic N) is 1. The Kier molecular flexibility index (Phi) is 3.19. The van der Waals surface area contributed by atoms with Crippen molar-refractivity contribution in [3.8, 4) is 0 Å². The molecule has 1 N–H and O–H groups in total. The van der Waals surface area contributed by atoms with E-state index >= 15 is 0 Å². The highest BCUT2D eigenvalue weighted by Crippen LogP contribution is 2.26. The molecule has 0 radical (unpaired) electrons. The molecule has 0 amide bonds. The van der Waals surface area contributed by atoms with Gasteiger partial charge in [-0.15, -0.1) is 22.7 Å². The Balaban J connectivity index is 2.06. The molecule has 0 bridgehead atoms. The Hall–Kier alpha value is -0.710. The third kappa shape index (κ3) is 2.65. The predicted molar refractivity (Wildman–Crippen MR) is 64.6 cm³/mol. The fourth-order valence-corrected chi connectivity index (χ4v) is 3.07. The van der Waals surface area contributed by atoms with Crippen molar-refractivity contribution in [2.45, 2.75) is 26.4 Å². The molecule has 2 aromatic rings. The van der Waals surface area contributed by atoms with Crippen molar-refractivity contribution in [1.82, 2.24) is 4.98 Å². The number of hydrogen-bond acceptors (Lipinski definition) is 4. The summed E-state index contributed by atoms with van der Waals surface area (Å²) in [5.74, 6) is 0. The Morgan fingerprint density at radius 2 is 2.20 bits per heavy atom. The lowest BCUT2D eigenvalue weighted by Crippen LogP contribution is -1.98. The van der Waals surface area contributed by atoms with E-state index in [1.165, 1.54) is 4.88 Å². The van der Waals surface area contributed by atoms with Crippen LogP contribution in [0.5, 0.6) is 0 Å². The van der Waals surface area contributed by atoms with Crippen molar-refractivity contribution in [2.24, 2.45) is 0 Å². The first kappa shape index (κ1) is 10.8. The van der Waals surface area contributed by atoms with E-state index in [0.29, 0.717) is 6.42 Å². The van der Waals surface area contributed by atoms with Gasteiger partial charge in [0.25, 0.3) is 0 Å². The number of aliphatic hydroxyl groups excluding tert-OH is 1. The summed E-state index contributed by atoms with van der Waals surface area (Å²) in [4.78, 5) is 6.61. The molecule has 80 valence electrons. The molecule has 2 heterocycles. The quantitative estimate of drug-likeness (QED) is 0.893. The number of thiazole rings is 1. The minimum absolute atomic E-state index is 0.408. The molecular formula is C11H13NOS2. The molecule has 2 rings (SSSR count). The van der Waals surface area contributed by atoms with Crippen LogP contribution in [0, 0.1) is 13.8 Å². The Morgan fingerprint density at radius 1 is 1.40 bits per heavy atom. The zero-order chi connectivity index (χ0) is 10.8. The van der Waals surface area contributed by atoms with Crippen LogP contribution in [0.15, 0.2) is 17.5 Å². The molecule has 2 aromatic heterocycles. The summed E-state index contributed by atoms with van der Waals surface area (Å²) in [6.45, 7) is 4.02. The van der Waals surface area contributed by atoms with E-state index in [1.807, 2.05) is 24.4 Å². The smallest absolute Gasteiger partial charge is 0.0957 e. The van der Waals surface area contributed by atoms with Gasteiger partial charge in [0, 0.05) is 27.2 Å². The van der Waals surface area contributed by atoms with Crippen LogP contribution < -0.4 is 0 Å². The summed E-state index contributed by atoms with van der Waals surface area (Å²) < 4.78 is 0. The maximum absolute atomic E-state index is 9.97. The molecule has 0 saturated carbocycles. The van der Waals surface area contributed by atoms with Gasteiger partial charge in [0.1, 0.15) is 0 Å². The van der Waals surface area contributed by atoms with Crippen LogP contribution in [0.4, 0.5) is 0 Å². The topological polar surface area (TPSA) is 33.1 Å². The van der Waals surface area contributed by atoms with Gasteiger partial charge in [0.15, 0.2) is 0 Å². The lowest BCUT2D eigenvalue weighted by molar-refractivity contribution is 0.182. The van der Waals surface area contributed by atoms with Gasteiger partial charge < -0.3 is 5.11 Å². The van der Waals surface area contributed by atoms with Gasteiger partial charge in [-0.05, 0) is 26.0 Å². The van der Waals surface area contributed by atoms with E-state index in [0.717, 1.165) is 15.6 Å². The molecule has 1 unspecified atom stereocenters. The summed E-state index contributed by atoms with van der Waals surface area (Å²) in [5, 5.41) is 13.0. The van der Waals surface area contributed by atoms with Gasteiger partial charge >= 0.3 is 0 Å². The molecule has 0 saturated heterocycles. The zero-order valence-corrected chi connectivity index (χ0v) is 10.4. The molecule has 4 heteroatoms. The summed E-state index contributed by atoms with van der Waals surface area (Å²) in [5.41, 5.74) is 1.03. The Morgan fingerprint density at radius 3 is 2.73 bits per heavy atom. The normalized spacial score (nSPS) is 13.0. The van der Waals surface area contributed by atoms with Crippen molar-refractivity contribution < 1.29 is 5.11 Å². The predicted octanol–water partition coefficient (Wildman–Crippen LogP) is 3.10. The van der Waals surface area contributed by atoms with E-state index in [4.69, 9.17) is 0 Å². The van der Waals surface area contributed by atoms with Gasteiger partial charge in [0.2, 0.25) is 0 Å². The second-order valence-corrected chi connectivity index (χ2v) is 5.81. The summed E-state index contributed by atoms with van der Waals surface area (Å²) in [6, 6.07) is 4.03. The van der Waals surface area contributed by atoms with Crippen molar-refractivity contribution in [1.29, 1.82) is 0 Å².